The number of hydrogen-bond donors (Lipinski definition) is 2. The van der Waals surface area contributed by atoms with Crippen LogP contribution in [-0.4, -0.2) is 5.91 Å². The van der Waals surface area contributed by atoms with Crippen molar-refractivity contribution < 1.29 is 4.79 Å². The maximum atomic E-state index is 12.2. The van der Waals surface area contributed by atoms with Gasteiger partial charge in [0.05, 0.1) is 5.56 Å². The van der Waals surface area contributed by atoms with Crippen molar-refractivity contribution in [3.63, 3.8) is 0 Å². The Hall–Kier alpha value is -1.26. The van der Waals surface area contributed by atoms with Crippen molar-refractivity contribution in [3.8, 4) is 0 Å². The Balaban J connectivity index is 2.25. The Morgan fingerprint density at radius 1 is 1.16 bits per heavy atom. The summed E-state index contributed by atoms with van der Waals surface area (Å²) in [5, 5.41) is 2.91. The normalized spacial score (nSPS) is 10.3. The van der Waals surface area contributed by atoms with Crippen molar-refractivity contribution in [3.05, 3.63) is 57.6 Å². The van der Waals surface area contributed by atoms with E-state index >= 15 is 0 Å². The zero-order valence-corrected chi connectivity index (χ0v) is 13.2. The van der Waals surface area contributed by atoms with Crippen LogP contribution in [0.3, 0.4) is 0 Å². The first-order chi connectivity index (χ1) is 8.97. The van der Waals surface area contributed by atoms with Gasteiger partial charge >= 0.3 is 0 Å². The Morgan fingerprint density at radius 3 is 2.53 bits per heavy atom. The van der Waals surface area contributed by atoms with Gasteiger partial charge in [0.25, 0.3) is 5.91 Å². The van der Waals surface area contributed by atoms with Gasteiger partial charge in [0.15, 0.2) is 0 Å². The molecule has 0 aromatic heterocycles. The SMILES string of the molecule is Cc1ccc(NC(=O)c2ccc(Br)cc2S)c(C)c1. The second-order valence-electron chi connectivity index (χ2n) is 4.43. The lowest BCUT2D eigenvalue weighted by Crippen LogP contribution is -2.13. The molecule has 4 heteroatoms. The average molecular weight is 336 g/mol. The molecular formula is C15H14BrNOS. The van der Waals surface area contributed by atoms with Gasteiger partial charge in [-0.2, -0.15) is 0 Å². The number of rotatable bonds is 2. The summed E-state index contributed by atoms with van der Waals surface area (Å²) < 4.78 is 0.903. The Morgan fingerprint density at radius 2 is 1.89 bits per heavy atom. The molecule has 0 saturated heterocycles. The van der Waals surface area contributed by atoms with Crippen LogP contribution in [0.15, 0.2) is 45.8 Å². The molecule has 0 bridgehead atoms. The molecule has 2 nitrogen and oxygen atoms in total. The largest absolute Gasteiger partial charge is 0.322 e. The fraction of sp³-hybridized carbons (Fsp3) is 0.133. The third-order valence-electron chi connectivity index (χ3n) is 2.83. The predicted octanol–water partition coefficient (Wildman–Crippen LogP) is 4.61. The molecule has 1 N–H and O–H groups in total. The van der Waals surface area contributed by atoms with Gasteiger partial charge in [-0.05, 0) is 43.7 Å². The summed E-state index contributed by atoms with van der Waals surface area (Å²) in [6.07, 6.45) is 0. The fourth-order valence-corrected chi connectivity index (χ4v) is 2.69. The monoisotopic (exact) mass is 335 g/mol. The summed E-state index contributed by atoms with van der Waals surface area (Å²) in [5.74, 6) is -0.149. The molecule has 98 valence electrons. The summed E-state index contributed by atoms with van der Waals surface area (Å²) in [6.45, 7) is 4.00. The van der Waals surface area contributed by atoms with Crippen LogP contribution in [-0.2, 0) is 0 Å². The minimum Gasteiger partial charge on any atom is -0.322 e. The zero-order chi connectivity index (χ0) is 14.0. The van der Waals surface area contributed by atoms with Crippen LogP contribution < -0.4 is 5.32 Å². The van der Waals surface area contributed by atoms with E-state index in [2.05, 4.69) is 33.9 Å². The van der Waals surface area contributed by atoms with Gasteiger partial charge in [-0.25, -0.2) is 0 Å². The lowest BCUT2D eigenvalue weighted by Gasteiger charge is -2.10. The summed E-state index contributed by atoms with van der Waals surface area (Å²) in [6, 6.07) is 11.3. The molecule has 0 heterocycles. The van der Waals surface area contributed by atoms with E-state index in [1.807, 2.05) is 38.1 Å². The number of halogens is 1. The number of aryl methyl sites for hydroxylation is 2. The third kappa shape index (κ3) is 3.39. The highest BCUT2D eigenvalue weighted by Crippen LogP contribution is 2.22. The van der Waals surface area contributed by atoms with E-state index in [0.29, 0.717) is 10.5 Å². The highest BCUT2D eigenvalue weighted by Gasteiger charge is 2.11. The highest BCUT2D eigenvalue weighted by atomic mass is 79.9. The van der Waals surface area contributed by atoms with Gasteiger partial charge in [-0.1, -0.05) is 33.6 Å². The molecule has 19 heavy (non-hydrogen) atoms. The lowest BCUT2D eigenvalue weighted by atomic mass is 10.1. The number of nitrogens with one attached hydrogen (secondary N) is 1. The van der Waals surface area contributed by atoms with E-state index in [1.54, 1.807) is 12.1 Å². The van der Waals surface area contributed by atoms with Crippen molar-refractivity contribution in [2.45, 2.75) is 18.7 Å². The molecule has 0 saturated carbocycles. The maximum Gasteiger partial charge on any atom is 0.256 e. The summed E-state index contributed by atoms with van der Waals surface area (Å²) in [7, 11) is 0. The Bertz CT molecular complexity index is 640. The van der Waals surface area contributed by atoms with Crippen molar-refractivity contribution in [2.75, 3.05) is 5.32 Å². The lowest BCUT2D eigenvalue weighted by molar-refractivity contribution is 0.102. The van der Waals surface area contributed by atoms with E-state index in [9.17, 15) is 4.79 Å². The first kappa shape index (κ1) is 14.2. The van der Waals surface area contributed by atoms with Crippen LogP contribution in [0.5, 0.6) is 0 Å². The number of carbonyl (C=O) groups is 1. The molecule has 0 atom stereocenters. The Kier molecular flexibility index (Phi) is 4.32. The van der Waals surface area contributed by atoms with Crippen LogP contribution in [0.4, 0.5) is 5.69 Å². The van der Waals surface area contributed by atoms with Gasteiger partial charge in [-0.3, -0.25) is 4.79 Å². The van der Waals surface area contributed by atoms with Gasteiger partial charge in [0.1, 0.15) is 0 Å². The molecule has 0 unspecified atom stereocenters. The zero-order valence-electron chi connectivity index (χ0n) is 10.7. The number of carbonyl (C=O) groups excluding carboxylic acids is 1. The minimum atomic E-state index is -0.149. The molecule has 2 rings (SSSR count). The second kappa shape index (κ2) is 5.80. The quantitative estimate of drug-likeness (QED) is 0.771. The fourth-order valence-electron chi connectivity index (χ4n) is 1.84. The molecular weight excluding hydrogens is 322 g/mol. The molecule has 0 spiro atoms. The Labute approximate surface area is 126 Å². The van der Waals surface area contributed by atoms with Crippen molar-refractivity contribution >= 4 is 40.2 Å². The molecule has 0 aliphatic rings. The van der Waals surface area contributed by atoms with Gasteiger partial charge in [0, 0.05) is 15.1 Å². The van der Waals surface area contributed by atoms with E-state index in [4.69, 9.17) is 0 Å². The smallest absolute Gasteiger partial charge is 0.256 e. The number of hydrogen-bond acceptors (Lipinski definition) is 2. The first-order valence-electron chi connectivity index (χ1n) is 5.84. The first-order valence-corrected chi connectivity index (χ1v) is 7.08. The van der Waals surface area contributed by atoms with Crippen molar-refractivity contribution in [2.24, 2.45) is 0 Å². The number of amides is 1. The predicted molar refractivity (Wildman–Crippen MR) is 85.3 cm³/mol. The van der Waals surface area contributed by atoms with Crippen LogP contribution >= 0.6 is 28.6 Å². The highest BCUT2D eigenvalue weighted by molar-refractivity contribution is 9.10. The van der Waals surface area contributed by atoms with Crippen LogP contribution in [0.25, 0.3) is 0 Å². The maximum absolute atomic E-state index is 12.2. The molecule has 1 amide bonds. The van der Waals surface area contributed by atoms with Crippen LogP contribution in [0.1, 0.15) is 21.5 Å². The van der Waals surface area contributed by atoms with E-state index in [0.717, 1.165) is 15.7 Å². The van der Waals surface area contributed by atoms with Gasteiger partial charge in [-0.15, -0.1) is 12.6 Å². The van der Waals surface area contributed by atoms with Crippen LogP contribution in [0.2, 0.25) is 0 Å². The molecule has 0 radical (unpaired) electrons. The number of thiol groups is 1. The van der Waals surface area contributed by atoms with Crippen molar-refractivity contribution in [1.82, 2.24) is 0 Å². The van der Waals surface area contributed by atoms with E-state index in [-0.39, 0.29) is 5.91 Å². The van der Waals surface area contributed by atoms with Crippen molar-refractivity contribution in [1.29, 1.82) is 0 Å². The molecule has 0 aliphatic carbocycles. The number of benzene rings is 2. The summed E-state index contributed by atoms with van der Waals surface area (Å²) in [4.78, 5) is 12.9. The molecule has 2 aromatic rings. The summed E-state index contributed by atoms with van der Waals surface area (Å²) in [5.41, 5.74) is 3.61. The second-order valence-corrected chi connectivity index (χ2v) is 5.83. The molecule has 2 aromatic carbocycles. The van der Waals surface area contributed by atoms with E-state index in [1.165, 1.54) is 5.56 Å². The average Bonchev–Trinajstić information content (AvgIpc) is 2.32. The molecule has 0 aliphatic heterocycles. The van der Waals surface area contributed by atoms with E-state index < -0.39 is 0 Å². The minimum absolute atomic E-state index is 0.149. The number of anilines is 1. The van der Waals surface area contributed by atoms with Crippen LogP contribution in [0, 0.1) is 13.8 Å². The molecule has 0 fully saturated rings. The summed E-state index contributed by atoms with van der Waals surface area (Å²) >= 11 is 7.68. The third-order valence-corrected chi connectivity index (χ3v) is 3.70. The standard InChI is InChI=1S/C15H14BrNOS/c1-9-3-6-13(10(2)7-9)17-15(18)12-5-4-11(16)8-14(12)19/h3-8,19H,1-2H3,(H,17,18). The topological polar surface area (TPSA) is 29.1 Å². The van der Waals surface area contributed by atoms with Gasteiger partial charge < -0.3 is 5.32 Å². The van der Waals surface area contributed by atoms with Gasteiger partial charge in [0.2, 0.25) is 0 Å².